The van der Waals surface area contributed by atoms with Gasteiger partial charge < -0.3 is 0 Å². The molecular weight excluding hydrogens is 351 g/mol. The molecule has 0 amide bonds. The van der Waals surface area contributed by atoms with Crippen LogP contribution in [-0.2, 0) is 4.79 Å². The summed E-state index contributed by atoms with van der Waals surface area (Å²) in [4.78, 5) is 12.0. The van der Waals surface area contributed by atoms with E-state index < -0.39 is 18.4 Å². The molecule has 0 spiro atoms. The van der Waals surface area contributed by atoms with Crippen molar-refractivity contribution < 1.29 is 4.79 Å². The van der Waals surface area contributed by atoms with Gasteiger partial charge in [0, 0.05) is 0 Å². The molecule has 0 radical (unpaired) electrons. The monoisotopic (exact) mass is 390 g/mol. The fraction of sp³-hybridized carbons (Fsp3) is 0.944. The van der Waals surface area contributed by atoms with Crippen LogP contribution in [0, 0.1) is 5.92 Å². The number of ketones is 1. The van der Waals surface area contributed by atoms with Crippen molar-refractivity contribution in [2.24, 2.45) is 5.92 Å². The second-order valence-electron chi connectivity index (χ2n) is 6.93. The Kier molecular flexibility index (Phi) is 12.3. The van der Waals surface area contributed by atoms with Gasteiger partial charge in [-0.05, 0) is 0 Å². The standard InChI is InChI=1S/C6H11O.3C4H9.Sn/c1-4-6(7)5(2)3;3*1-3-4-2;/h5H,1,4H2,2-3H3;3*1,3-4H2,2H3;. The Hall–Kier alpha value is 0.469. The number of rotatable bonds is 13. The Morgan fingerprint density at radius 1 is 0.800 bits per heavy atom. The van der Waals surface area contributed by atoms with E-state index in [4.69, 9.17) is 0 Å². The fourth-order valence-corrected chi connectivity index (χ4v) is 19.0. The van der Waals surface area contributed by atoms with E-state index in [-0.39, 0.29) is 5.92 Å². The van der Waals surface area contributed by atoms with E-state index in [1.807, 2.05) is 0 Å². The second-order valence-corrected chi connectivity index (χ2v) is 21.2. The topological polar surface area (TPSA) is 17.1 Å². The van der Waals surface area contributed by atoms with Gasteiger partial charge in [-0.15, -0.1) is 0 Å². The van der Waals surface area contributed by atoms with Crippen molar-refractivity contribution in [1.82, 2.24) is 0 Å². The zero-order valence-corrected chi connectivity index (χ0v) is 17.6. The first-order valence-corrected chi connectivity index (χ1v) is 17.1. The summed E-state index contributed by atoms with van der Waals surface area (Å²) in [6, 6.07) is 0. The Bertz CT molecular complexity index is 226. The van der Waals surface area contributed by atoms with Crippen molar-refractivity contribution in [3.05, 3.63) is 0 Å². The van der Waals surface area contributed by atoms with Crippen LogP contribution in [0.4, 0.5) is 0 Å². The molecule has 0 N–H and O–H groups in total. The molecule has 0 aliphatic carbocycles. The van der Waals surface area contributed by atoms with Crippen LogP contribution in [0.25, 0.3) is 0 Å². The molecule has 0 aromatic rings. The summed E-state index contributed by atoms with van der Waals surface area (Å²) < 4.78 is 5.95. The minimum atomic E-state index is -2.03. The average molecular weight is 389 g/mol. The molecular formula is C18H38OSn. The van der Waals surface area contributed by atoms with Crippen LogP contribution >= 0.6 is 0 Å². The molecule has 0 rings (SSSR count). The first-order valence-electron chi connectivity index (χ1n) is 9.04. The number of hydrogen-bond acceptors (Lipinski definition) is 1. The van der Waals surface area contributed by atoms with Crippen molar-refractivity contribution >= 4 is 24.2 Å². The van der Waals surface area contributed by atoms with Crippen LogP contribution < -0.4 is 0 Å². The van der Waals surface area contributed by atoms with E-state index >= 15 is 0 Å². The summed E-state index contributed by atoms with van der Waals surface area (Å²) >= 11 is -2.03. The van der Waals surface area contributed by atoms with Gasteiger partial charge in [0.05, 0.1) is 0 Å². The Morgan fingerprint density at radius 3 is 1.50 bits per heavy atom. The number of unbranched alkanes of at least 4 members (excludes halogenated alkanes) is 3. The van der Waals surface area contributed by atoms with E-state index in [1.54, 1.807) is 0 Å². The molecule has 0 aliphatic heterocycles. The Balaban J connectivity index is 4.69. The summed E-state index contributed by atoms with van der Waals surface area (Å²) in [5.74, 6) is 0.748. The molecule has 0 aromatic carbocycles. The minimum absolute atomic E-state index is 0.238. The van der Waals surface area contributed by atoms with E-state index in [0.717, 1.165) is 6.42 Å². The summed E-state index contributed by atoms with van der Waals surface area (Å²) in [5.41, 5.74) is 0. The van der Waals surface area contributed by atoms with Crippen molar-refractivity contribution in [2.45, 2.75) is 97.3 Å². The van der Waals surface area contributed by atoms with Gasteiger partial charge in [0.15, 0.2) is 0 Å². The quantitative estimate of drug-likeness (QED) is 0.331. The van der Waals surface area contributed by atoms with Gasteiger partial charge in [-0.3, -0.25) is 0 Å². The van der Waals surface area contributed by atoms with Crippen LogP contribution in [-0.4, -0.2) is 24.2 Å². The zero-order valence-electron chi connectivity index (χ0n) is 14.8. The van der Waals surface area contributed by atoms with Crippen LogP contribution in [0.3, 0.4) is 0 Å². The SMILES string of the molecule is CCC[CH2][Sn]([CH2]CCC)([CH2]CCC)[CH2]CC(=O)C(C)C. The number of hydrogen-bond donors (Lipinski definition) is 0. The maximum absolute atomic E-state index is 12.0. The van der Waals surface area contributed by atoms with Gasteiger partial charge in [-0.1, -0.05) is 0 Å². The number of Topliss-reactive ketones (excluding diaryl/α,β-unsaturated/α-hetero) is 1. The molecule has 0 fully saturated rings. The Morgan fingerprint density at radius 2 is 1.20 bits per heavy atom. The molecule has 0 bridgehead atoms. The third-order valence-electron chi connectivity index (χ3n) is 4.73. The first-order chi connectivity index (χ1) is 9.51. The van der Waals surface area contributed by atoms with Crippen LogP contribution in [0.1, 0.15) is 79.6 Å². The van der Waals surface area contributed by atoms with Crippen LogP contribution in [0.5, 0.6) is 0 Å². The third kappa shape index (κ3) is 8.69. The van der Waals surface area contributed by atoms with Gasteiger partial charge >= 0.3 is 132 Å². The van der Waals surface area contributed by atoms with Crippen LogP contribution in [0.15, 0.2) is 0 Å². The molecule has 0 saturated heterocycles. The van der Waals surface area contributed by atoms with Crippen molar-refractivity contribution in [3.63, 3.8) is 0 Å². The van der Waals surface area contributed by atoms with E-state index in [0.29, 0.717) is 5.78 Å². The summed E-state index contributed by atoms with van der Waals surface area (Å²) in [6.45, 7) is 11.1. The molecule has 0 heterocycles. The predicted molar refractivity (Wildman–Crippen MR) is 94.2 cm³/mol. The summed E-state index contributed by atoms with van der Waals surface area (Å²) in [7, 11) is 0. The summed E-state index contributed by atoms with van der Waals surface area (Å²) in [6.07, 6.45) is 9.13. The molecule has 0 saturated carbocycles. The average Bonchev–Trinajstić information content (AvgIpc) is 2.45. The summed E-state index contributed by atoms with van der Waals surface area (Å²) in [5, 5.41) is 0. The molecule has 0 atom stereocenters. The molecule has 2 heteroatoms. The molecule has 0 unspecified atom stereocenters. The van der Waals surface area contributed by atoms with Crippen molar-refractivity contribution in [2.75, 3.05) is 0 Å². The molecule has 0 aromatic heterocycles. The normalized spacial score (nSPS) is 12.1. The van der Waals surface area contributed by atoms with Gasteiger partial charge in [0.25, 0.3) is 0 Å². The molecule has 20 heavy (non-hydrogen) atoms. The van der Waals surface area contributed by atoms with Crippen LogP contribution in [0.2, 0.25) is 17.7 Å². The van der Waals surface area contributed by atoms with Gasteiger partial charge in [0.1, 0.15) is 0 Å². The van der Waals surface area contributed by atoms with E-state index in [2.05, 4.69) is 34.6 Å². The van der Waals surface area contributed by atoms with Gasteiger partial charge in [0.2, 0.25) is 0 Å². The maximum atomic E-state index is 12.0. The molecule has 120 valence electrons. The molecule has 1 nitrogen and oxygen atoms in total. The van der Waals surface area contributed by atoms with E-state index in [1.165, 1.54) is 56.3 Å². The van der Waals surface area contributed by atoms with Gasteiger partial charge in [-0.25, -0.2) is 0 Å². The molecule has 0 aliphatic rings. The predicted octanol–water partition coefficient (Wildman–Crippen LogP) is 6.45. The number of carbonyl (C=O) groups excluding carboxylic acids is 1. The van der Waals surface area contributed by atoms with E-state index in [9.17, 15) is 4.79 Å². The van der Waals surface area contributed by atoms with Crippen molar-refractivity contribution in [3.8, 4) is 0 Å². The fourth-order valence-electron chi connectivity index (χ4n) is 3.08. The van der Waals surface area contributed by atoms with Crippen molar-refractivity contribution in [1.29, 1.82) is 0 Å². The Labute approximate surface area is 132 Å². The number of carbonyl (C=O) groups is 1. The second kappa shape index (κ2) is 12.1. The first kappa shape index (κ1) is 20.5. The third-order valence-corrected chi connectivity index (χ3v) is 20.6. The zero-order chi connectivity index (χ0) is 15.4. The van der Waals surface area contributed by atoms with Gasteiger partial charge in [-0.2, -0.15) is 0 Å².